The van der Waals surface area contributed by atoms with Gasteiger partial charge in [-0.05, 0) is 18.6 Å². The number of para-hydroxylation sites is 1. The van der Waals surface area contributed by atoms with Crippen LogP contribution in [0.15, 0.2) is 29.2 Å². The van der Waals surface area contributed by atoms with Gasteiger partial charge in [0.25, 0.3) is 0 Å². The summed E-state index contributed by atoms with van der Waals surface area (Å²) in [7, 11) is 0. The topological polar surface area (TPSA) is 29.1 Å². The van der Waals surface area contributed by atoms with Crippen LogP contribution in [0, 0.1) is 0 Å². The van der Waals surface area contributed by atoms with E-state index in [4.69, 9.17) is 0 Å². The number of benzene rings is 1. The minimum absolute atomic E-state index is 0.156. The largest absolute Gasteiger partial charge is 0.325 e. The van der Waals surface area contributed by atoms with Gasteiger partial charge in [0.2, 0.25) is 5.91 Å². The van der Waals surface area contributed by atoms with E-state index in [1.54, 1.807) is 0 Å². The number of anilines is 1. The fraction of sp³-hybridized carbons (Fsp3) is 0.500. The highest BCUT2D eigenvalue weighted by atomic mass is 32.2. The summed E-state index contributed by atoms with van der Waals surface area (Å²) in [6.07, 6.45) is 5.51. The number of rotatable bonds is 4. The molecule has 0 saturated heterocycles. The summed E-state index contributed by atoms with van der Waals surface area (Å²) in [6.45, 7) is 2.21. The molecule has 2 rings (SSSR count). The van der Waals surface area contributed by atoms with Gasteiger partial charge in [-0.1, -0.05) is 38.3 Å². The van der Waals surface area contributed by atoms with Gasteiger partial charge >= 0.3 is 0 Å². The molecule has 1 unspecified atom stereocenters. The highest BCUT2D eigenvalue weighted by molar-refractivity contribution is 8.00. The van der Waals surface area contributed by atoms with Crippen LogP contribution in [0.3, 0.4) is 0 Å². The molecule has 1 aliphatic heterocycles. The Labute approximate surface area is 107 Å². The number of thioether (sulfide) groups is 1. The number of carbonyl (C=O) groups is 1. The molecule has 0 bridgehead atoms. The molecule has 0 radical (unpaired) electrons. The second-order valence-electron chi connectivity index (χ2n) is 4.48. The Morgan fingerprint density at radius 2 is 2.18 bits per heavy atom. The number of carbonyl (C=O) groups excluding carboxylic acids is 1. The number of unbranched alkanes of at least 4 members (excludes halogenated alkanes) is 2. The van der Waals surface area contributed by atoms with E-state index in [1.165, 1.54) is 24.2 Å². The lowest BCUT2D eigenvalue weighted by Gasteiger charge is -2.12. The zero-order valence-corrected chi connectivity index (χ0v) is 11.1. The number of nitrogens with one attached hydrogen (secondary N) is 1. The lowest BCUT2D eigenvalue weighted by Crippen LogP contribution is -2.15. The maximum Gasteiger partial charge on any atom is 0.225 e. The van der Waals surface area contributed by atoms with Gasteiger partial charge in [0, 0.05) is 16.6 Å². The third-order valence-electron chi connectivity index (χ3n) is 3.00. The molecule has 1 aliphatic rings. The lowest BCUT2D eigenvalue weighted by atomic mass is 10.1. The van der Waals surface area contributed by atoms with Crippen LogP contribution < -0.4 is 5.32 Å². The molecule has 17 heavy (non-hydrogen) atoms. The first-order chi connectivity index (χ1) is 8.29. The van der Waals surface area contributed by atoms with E-state index in [2.05, 4.69) is 18.3 Å². The Morgan fingerprint density at radius 3 is 3.00 bits per heavy atom. The monoisotopic (exact) mass is 249 g/mol. The summed E-state index contributed by atoms with van der Waals surface area (Å²) in [5.74, 6) is 0.156. The van der Waals surface area contributed by atoms with Crippen molar-refractivity contribution in [3.05, 3.63) is 24.3 Å². The van der Waals surface area contributed by atoms with Crippen LogP contribution in [0.4, 0.5) is 5.69 Å². The van der Waals surface area contributed by atoms with Crippen molar-refractivity contribution in [3.63, 3.8) is 0 Å². The molecule has 1 aromatic rings. The number of hydrogen-bond acceptors (Lipinski definition) is 2. The van der Waals surface area contributed by atoms with Gasteiger partial charge in [-0.3, -0.25) is 4.79 Å². The first-order valence-electron chi connectivity index (χ1n) is 6.35. The van der Waals surface area contributed by atoms with Crippen molar-refractivity contribution < 1.29 is 4.79 Å². The zero-order chi connectivity index (χ0) is 12.1. The predicted octanol–water partition coefficient (Wildman–Crippen LogP) is 4.07. The molecule has 1 N–H and O–H groups in total. The molecular weight excluding hydrogens is 230 g/mol. The molecule has 92 valence electrons. The van der Waals surface area contributed by atoms with E-state index in [0.717, 1.165) is 12.1 Å². The summed E-state index contributed by atoms with van der Waals surface area (Å²) in [5, 5.41) is 3.42. The van der Waals surface area contributed by atoms with Gasteiger partial charge in [0.1, 0.15) is 0 Å². The standard InChI is InChI=1S/C14H19NOS/c1-2-3-4-7-11-10-14(16)15-12-8-5-6-9-13(12)17-11/h5-6,8-9,11H,2-4,7,10H2,1H3,(H,15,16). The van der Waals surface area contributed by atoms with Crippen LogP contribution in [0.2, 0.25) is 0 Å². The molecule has 0 fully saturated rings. The van der Waals surface area contributed by atoms with Crippen molar-refractivity contribution in [2.45, 2.75) is 49.2 Å². The Bertz CT molecular complexity index is 392. The molecule has 1 aromatic carbocycles. The summed E-state index contributed by atoms with van der Waals surface area (Å²) in [5.41, 5.74) is 0.973. The molecule has 3 heteroatoms. The molecule has 1 amide bonds. The Hall–Kier alpha value is -0.960. The third kappa shape index (κ3) is 3.50. The van der Waals surface area contributed by atoms with Gasteiger partial charge < -0.3 is 5.32 Å². The van der Waals surface area contributed by atoms with Crippen molar-refractivity contribution in [3.8, 4) is 0 Å². The summed E-state index contributed by atoms with van der Waals surface area (Å²) >= 11 is 1.85. The molecular formula is C14H19NOS. The fourth-order valence-electron chi connectivity index (χ4n) is 2.08. The van der Waals surface area contributed by atoms with Gasteiger partial charge in [0.15, 0.2) is 0 Å². The van der Waals surface area contributed by atoms with Crippen molar-refractivity contribution in [2.75, 3.05) is 5.32 Å². The van der Waals surface area contributed by atoms with E-state index in [0.29, 0.717) is 11.7 Å². The second kappa shape index (κ2) is 6.10. The zero-order valence-electron chi connectivity index (χ0n) is 10.2. The number of hydrogen-bond donors (Lipinski definition) is 1. The maximum absolute atomic E-state index is 11.8. The Morgan fingerprint density at radius 1 is 1.35 bits per heavy atom. The first kappa shape index (κ1) is 12.5. The lowest BCUT2D eigenvalue weighted by molar-refractivity contribution is -0.116. The smallest absolute Gasteiger partial charge is 0.225 e. The Kier molecular flexibility index (Phi) is 4.49. The van der Waals surface area contributed by atoms with Crippen molar-refractivity contribution >= 4 is 23.4 Å². The van der Waals surface area contributed by atoms with Crippen molar-refractivity contribution in [2.24, 2.45) is 0 Å². The normalized spacial score (nSPS) is 19.4. The Balaban J connectivity index is 2.04. The summed E-state index contributed by atoms with van der Waals surface area (Å²) in [6, 6.07) is 8.08. The summed E-state index contributed by atoms with van der Waals surface area (Å²) in [4.78, 5) is 13.0. The fourth-order valence-corrected chi connectivity index (χ4v) is 3.37. The highest BCUT2D eigenvalue weighted by Crippen LogP contribution is 2.36. The van der Waals surface area contributed by atoms with Crippen molar-refractivity contribution in [1.29, 1.82) is 0 Å². The van der Waals surface area contributed by atoms with E-state index >= 15 is 0 Å². The van der Waals surface area contributed by atoms with Gasteiger partial charge in [0.05, 0.1) is 5.69 Å². The van der Waals surface area contributed by atoms with Gasteiger partial charge in [-0.2, -0.15) is 0 Å². The van der Waals surface area contributed by atoms with E-state index in [1.807, 2.05) is 30.0 Å². The second-order valence-corrected chi connectivity index (χ2v) is 5.83. The molecule has 0 spiro atoms. The van der Waals surface area contributed by atoms with Gasteiger partial charge in [-0.15, -0.1) is 11.8 Å². The molecule has 0 saturated carbocycles. The SMILES string of the molecule is CCCCCC1CC(=O)Nc2ccccc2S1. The van der Waals surface area contributed by atoms with Gasteiger partial charge in [-0.25, -0.2) is 0 Å². The predicted molar refractivity (Wildman–Crippen MR) is 73.5 cm³/mol. The maximum atomic E-state index is 11.8. The van der Waals surface area contributed by atoms with Crippen LogP contribution in [-0.2, 0) is 4.79 Å². The van der Waals surface area contributed by atoms with E-state index in [-0.39, 0.29) is 5.91 Å². The van der Waals surface area contributed by atoms with E-state index in [9.17, 15) is 4.79 Å². The first-order valence-corrected chi connectivity index (χ1v) is 7.23. The average molecular weight is 249 g/mol. The van der Waals surface area contributed by atoms with E-state index < -0.39 is 0 Å². The third-order valence-corrected chi connectivity index (χ3v) is 4.34. The molecule has 2 nitrogen and oxygen atoms in total. The van der Waals surface area contributed by atoms with Crippen molar-refractivity contribution in [1.82, 2.24) is 0 Å². The molecule has 0 aromatic heterocycles. The highest BCUT2D eigenvalue weighted by Gasteiger charge is 2.21. The number of amides is 1. The van der Waals surface area contributed by atoms with Crippen LogP contribution >= 0.6 is 11.8 Å². The van der Waals surface area contributed by atoms with Crippen LogP contribution in [0.5, 0.6) is 0 Å². The molecule has 1 heterocycles. The van der Waals surface area contributed by atoms with Crippen LogP contribution in [-0.4, -0.2) is 11.2 Å². The van der Waals surface area contributed by atoms with Crippen LogP contribution in [0.25, 0.3) is 0 Å². The average Bonchev–Trinajstić information content (AvgIpc) is 2.47. The summed E-state index contributed by atoms with van der Waals surface area (Å²) < 4.78 is 0. The minimum atomic E-state index is 0.156. The van der Waals surface area contributed by atoms with Crippen LogP contribution in [0.1, 0.15) is 39.0 Å². The number of fused-ring (bicyclic) bond motifs is 1. The molecule has 1 atom stereocenters. The minimum Gasteiger partial charge on any atom is -0.325 e. The quantitative estimate of drug-likeness (QED) is 0.815. The molecule has 0 aliphatic carbocycles.